The number of ether oxygens (including phenoxy) is 9. The minimum atomic E-state index is -1.55. The minimum Gasteiger partial charge on any atom is -0.462 e. The number of rotatable bonds is 14. The first-order valence-corrected chi connectivity index (χ1v) is 22.5. The van der Waals surface area contributed by atoms with Gasteiger partial charge < -0.3 is 42.6 Å². The first-order chi connectivity index (χ1) is 32.9. The first kappa shape index (κ1) is 45.1. The van der Waals surface area contributed by atoms with Crippen LogP contribution in [0.3, 0.4) is 0 Å². The van der Waals surface area contributed by atoms with Gasteiger partial charge in [0.15, 0.2) is 24.6 Å². The fourth-order valence-corrected chi connectivity index (χ4v) is 8.67. The van der Waals surface area contributed by atoms with Crippen molar-refractivity contribution in [3.05, 3.63) is 222 Å². The molecule has 2 fully saturated rings. The molecule has 0 radical (unpaired) electrons. The number of benzene rings is 6. The van der Waals surface area contributed by atoms with E-state index >= 15 is 0 Å². The average Bonchev–Trinajstić information content (AvgIpc) is 3.38. The molecular formula is C53H44O13S. The van der Waals surface area contributed by atoms with Crippen molar-refractivity contribution < 1.29 is 61.8 Å². The lowest BCUT2D eigenvalue weighted by Crippen LogP contribution is -2.64. The van der Waals surface area contributed by atoms with Crippen molar-refractivity contribution in [2.45, 2.75) is 59.5 Å². The summed E-state index contributed by atoms with van der Waals surface area (Å²) >= 11 is 1.29. The maximum atomic E-state index is 14.1. The smallest absolute Gasteiger partial charge is 0.338 e. The Hall–Kier alpha value is -7.07. The van der Waals surface area contributed by atoms with Crippen LogP contribution in [-0.2, 0) is 42.6 Å². The molecule has 14 heteroatoms. The van der Waals surface area contributed by atoms with Crippen LogP contribution in [0.15, 0.2) is 199 Å². The molecule has 9 unspecified atom stereocenters. The third kappa shape index (κ3) is 11.1. The van der Waals surface area contributed by atoms with Gasteiger partial charge in [0.05, 0.1) is 28.9 Å². The molecule has 0 spiro atoms. The van der Waals surface area contributed by atoms with Gasteiger partial charge in [-0.3, -0.25) is 0 Å². The molecule has 0 bridgehead atoms. The number of fused-ring (bicyclic) bond motifs is 1. The fourth-order valence-electron chi connectivity index (χ4n) is 7.63. The summed E-state index contributed by atoms with van der Waals surface area (Å²) in [6.45, 7) is -0.418. The van der Waals surface area contributed by atoms with E-state index in [4.69, 9.17) is 42.6 Å². The van der Waals surface area contributed by atoms with E-state index in [1.807, 2.05) is 60.7 Å². The Kier molecular flexibility index (Phi) is 14.5. The Morgan fingerprint density at radius 2 is 1.00 bits per heavy atom. The topological polar surface area (TPSA) is 151 Å². The van der Waals surface area contributed by atoms with Crippen molar-refractivity contribution in [3.63, 3.8) is 0 Å². The Morgan fingerprint density at radius 3 is 1.55 bits per heavy atom. The van der Waals surface area contributed by atoms with Crippen LogP contribution in [0, 0.1) is 0 Å². The molecule has 0 N–H and O–H groups in total. The summed E-state index contributed by atoms with van der Waals surface area (Å²) in [5.41, 5.74) is 0.841. The number of thioether (sulfide) groups is 1. The van der Waals surface area contributed by atoms with Gasteiger partial charge in [-0.25, -0.2) is 19.2 Å². The van der Waals surface area contributed by atoms with Crippen molar-refractivity contribution in [3.8, 4) is 0 Å². The quantitative estimate of drug-likeness (QED) is 0.0756. The van der Waals surface area contributed by atoms with Crippen molar-refractivity contribution in [2.24, 2.45) is 0 Å². The second-order valence-corrected chi connectivity index (χ2v) is 16.7. The zero-order valence-electron chi connectivity index (χ0n) is 35.7. The van der Waals surface area contributed by atoms with Crippen LogP contribution in [0.1, 0.15) is 53.3 Å². The second-order valence-electron chi connectivity index (χ2n) is 15.5. The van der Waals surface area contributed by atoms with Crippen LogP contribution in [0.2, 0.25) is 0 Å². The molecule has 9 atom stereocenters. The van der Waals surface area contributed by atoms with E-state index in [-0.39, 0.29) is 30.1 Å². The summed E-state index contributed by atoms with van der Waals surface area (Å²) in [6.07, 6.45) is -7.99. The van der Waals surface area contributed by atoms with Crippen LogP contribution in [-0.4, -0.2) is 85.4 Å². The Bertz CT molecular complexity index is 2620. The maximum Gasteiger partial charge on any atom is 0.338 e. The second kappa shape index (κ2) is 21.5. The number of hydrogen-bond donors (Lipinski definition) is 0. The summed E-state index contributed by atoms with van der Waals surface area (Å²) in [7, 11) is 0. The van der Waals surface area contributed by atoms with Crippen LogP contribution in [0.25, 0.3) is 0 Å². The highest BCUT2D eigenvalue weighted by Gasteiger charge is 2.56. The zero-order chi connectivity index (χ0) is 46.0. The van der Waals surface area contributed by atoms with Crippen LogP contribution >= 0.6 is 11.8 Å². The lowest BCUT2D eigenvalue weighted by molar-refractivity contribution is -0.356. The molecule has 13 nitrogen and oxygen atoms in total. The van der Waals surface area contributed by atoms with Gasteiger partial charge in [-0.15, -0.1) is 0 Å². The van der Waals surface area contributed by atoms with E-state index in [1.165, 1.54) is 11.8 Å². The zero-order valence-corrected chi connectivity index (χ0v) is 36.5. The molecule has 0 aliphatic carbocycles. The number of esters is 4. The molecule has 0 saturated carbocycles. The number of carbonyl (C=O) groups excluding carboxylic acids is 4. The fraction of sp³-hybridized carbons (Fsp3) is 0.208. The molecule has 9 rings (SSSR count). The molecular weight excluding hydrogens is 877 g/mol. The average molecular weight is 921 g/mol. The molecule has 67 heavy (non-hydrogen) atoms. The number of hydrogen-bond acceptors (Lipinski definition) is 14. The van der Waals surface area contributed by atoms with Gasteiger partial charge >= 0.3 is 23.9 Å². The predicted octanol–water partition coefficient (Wildman–Crippen LogP) is 8.78. The largest absolute Gasteiger partial charge is 0.462 e. The van der Waals surface area contributed by atoms with Crippen LogP contribution < -0.4 is 0 Å². The normalized spacial score (nSPS) is 24.4. The standard InChI is InChI=1S/C53H44O13S/c54-47(34-19-7-1-8-20-34)58-32-42-40(31-41(60-48(55)35-21-9-2-10-22-35)53(63-42)67-39-29-17-6-18-30-39)61-52-46(65-50(57)37-25-13-4-14-26-37)45(64-49(56)36-23-11-3-12-24-36)44-43(62-52)33-59-51(66-44)38-27-15-5-16-28-38/h1-31,41-46,51-53H,32-33H2. The number of carbonyl (C=O) groups is 4. The Morgan fingerprint density at radius 1 is 0.522 bits per heavy atom. The van der Waals surface area contributed by atoms with Crippen LogP contribution in [0.5, 0.6) is 0 Å². The first-order valence-electron chi connectivity index (χ1n) is 21.6. The van der Waals surface area contributed by atoms with Gasteiger partial charge in [0.25, 0.3) is 0 Å². The van der Waals surface area contributed by atoms with Crippen molar-refractivity contribution in [1.29, 1.82) is 0 Å². The van der Waals surface area contributed by atoms with E-state index in [9.17, 15) is 19.2 Å². The van der Waals surface area contributed by atoms with E-state index in [0.717, 1.165) is 4.90 Å². The van der Waals surface area contributed by atoms with Gasteiger partial charge in [-0.05, 0) is 60.7 Å². The van der Waals surface area contributed by atoms with Gasteiger partial charge in [-0.2, -0.15) is 0 Å². The Labute approximate surface area is 390 Å². The lowest BCUT2D eigenvalue weighted by Gasteiger charge is -2.48. The summed E-state index contributed by atoms with van der Waals surface area (Å²) in [4.78, 5) is 56.1. The van der Waals surface area contributed by atoms with Gasteiger partial charge in [0.2, 0.25) is 12.4 Å². The SMILES string of the molecule is O=C(OCC1OC(Sc2ccccc2)C(OC(=O)c2ccccc2)C=C1OC1OC2COC(c3ccccc3)OC2C(OC(=O)c2ccccc2)C1OC(=O)c1ccccc1)c1ccccc1. The molecule has 0 aromatic heterocycles. The Balaban J connectivity index is 1.10. The summed E-state index contributed by atoms with van der Waals surface area (Å²) in [5, 5.41) is 0. The van der Waals surface area contributed by atoms with Gasteiger partial charge in [0.1, 0.15) is 30.0 Å². The summed E-state index contributed by atoms with van der Waals surface area (Å²) in [5.74, 6) is -2.76. The van der Waals surface area contributed by atoms with Gasteiger partial charge in [0, 0.05) is 16.5 Å². The summed E-state index contributed by atoms with van der Waals surface area (Å²) < 4.78 is 57.4. The highest BCUT2D eigenvalue weighted by Crippen LogP contribution is 2.40. The molecule has 6 aromatic carbocycles. The molecule has 3 aliphatic heterocycles. The van der Waals surface area contributed by atoms with E-state index < -0.39 is 78.5 Å². The molecule has 3 heterocycles. The molecule has 340 valence electrons. The molecule has 0 amide bonds. The van der Waals surface area contributed by atoms with E-state index in [2.05, 4.69) is 0 Å². The monoisotopic (exact) mass is 920 g/mol. The third-order valence-electron chi connectivity index (χ3n) is 10.9. The molecule has 6 aromatic rings. The van der Waals surface area contributed by atoms with Crippen molar-refractivity contribution >= 4 is 35.6 Å². The van der Waals surface area contributed by atoms with E-state index in [1.54, 1.807) is 127 Å². The molecule has 3 aliphatic rings. The maximum absolute atomic E-state index is 14.1. The van der Waals surface area contributed by atoms with Crippen molar-refractivity contribution in [2.75, 3.05) is 13.2 Å². The van der Waals surface area contributed by atoms with Crippen LogP contribution in [0.4, 0.5) is 0 Å². The minimum absolute atomic E-state index is 0.00814. The highest BCUT2D eigenvalue weighted by molar-refractivity contribution is 7.99. The molecule has 2 saturated heterocycles. The van der Waals surface area contributed by atoms with Crippen molar-refractivity contribution in [1.82, 2.24) is 0 Å². The predicted molar refractivity (Wildman–Crippen MR) is 242 cm³/mol. The summed E-state index contributed by atoms with van der Waals surface area (Å²) in [6, 6.07) is 52.2. The van der Waals surface area contributed by atoms with Gasteiger partial charge in [-0.1, -0.05) is 133 Å². The van der Waals surface area contributed by atoms with E-state index in [0.29, 0.717) is 16.7 Å². The lowest BCUT2D eigenvalue weighted by atomic mass is 9.96. The third-order valence-corrected chi connectivity index (χ3v) is 12.1. The highest BCUT2D eigenvalue weighted by atomic mass is 32.2.